The summed E-state index contributed by atoms with van der Waals surface area (Å²) in [6.07, 6.45) is 0. The molecule has 0 radical (unpaired) electrons. The van der Waals surface area contributed by atoms with Gasteiger partial charge in [-0.2, -0.15) is 0 Å². The van der Waals surface area contributed by atoms with Crippen molar-refractivity contribution < 1.29 is 4.74 Å². The Balaban J connectivity index is 1.84. The van der Waals surface area contributed by atoms with Crippen molar-refractivity contribution in [1.82, 2.24) is 14.8 Å². The molecule has 0 amide bonds. The van der Waals surface area contributed by atoms with E-state index < -0.39 is 0 Å². The van der Waals surface area contributed by atoms with Gasteiger partial charge in [0.25, 0.3) is 0 Å². The van der Waals surface area contributed by atoms with Crippen LogP contribution in [-0.4, -0.2) is 21.9 Å². The monoisotopic (exact) mass is 403 g/mol. The van der Waals surface area contributed by atoms with Gasteiger partial charge in [-0.3, -0.25) is 0 Å². The number of benzene rings is 2. The third-order valence-corrected chi connectivity index (χ3v) is 5.17. The van der Waals surface area contributed by atoms with Crippen LogP contribution in [0.2, 0.25) is 0 Å². The lowest BCUT2D eigenvalue weighted by atomic mass is 10.2. The van der Waals surface area contributed by atoms with Gasteiger partial charge in [0.15, 0.2) is 11.0 Å². The highest BCUT2D eigenvalue weighted by atomic mass is 79.9. The highest BCUT2D eigenvalue weighted by Gasteiger charge is 2.14. The molecule has 0 saturated heterocycles. The Morgan fingerprint density at radius 2 is 1.92 bits per heavy atom. The maximum absolute atomic E-state index is 5.44. The van der Waals surface area contributed by atoms with E-state index in [4.69, 9.17) is 4.74 Å². The molecule has 0 unspecified atom stereocenters. The molecule has 2 aromatic carbocycles. The molecule has 0 bridgehead atoms. The van der Waals surface area contributed by atoms with Crippen molar-refractivity contribution in [2.24, 2.45) is 0 Å². The molecule has 1 heterocycles. The number of methoxy groups -OCH3 is 1. The second-order valence-corrected chi connectivity index (χ2v) is 7.02. The van der Waals surface area contributed by atoms with E-state index in [-0.39, 0.29) is 0 Å². The summed E-state index contributed by atoms with van der Waals surface area (Å²) in [5.41, 5.74) is 2.21. The van der Waals surface area contributed by atoms with Crippen molar-refractivity contribution >= 4 is 27.7 Å². The Morgan fingerprint density at radius 1 is 1.12 bits per heavy atom. The Hall–Kier alpha value is -1.79. The minimum atomic E-state index is 0.773. The molecule has 0 fully saturated rings. The number of nitrogens with zero attached hydrogens (tertiary/aromatic N) is 3. The average molecular weight is 404 g/mol. The summed E-state index contributed by atoms with van der Waals surface area (Å²) in [6.45, 7) is 2.94. The Kier molecular flexibility index (Phi) is 5.58. The molecule has 3 rings (SSSR count). The van der Waals surface area contributed by atoms with Crippen LogP contribution in [0, 0.1) is 0 Å². The Bertz CT molecular complexity index is 820. The van der Waals surface area contributed by atoms with Gasteiger partial charge in [-0.1, -0.05) is 58.0 Å². The maximum atomic E-state index is 5.44. The molecular weight excluding hydrogens is 386 g/mol. The van der Waals surface area contributed by atoms with Crippen molar-refractivity contribution in [2.45, 2.75) is 24.4 Å². The van der Waals surface area contributed by atoms with Gasteiger partial charge < -0.3 is 9.30 Å². The van der Waals surface area contributed by atoms with Gasteiger partial charge in [0, 0.05) is 27.9 Å². The van der Waals surface area contributed by atoms with Gasteiger partial charge in [0.2, 0.25) is 0 Å². The average Bonchev–Trinajstić information content (AvgIpc) is 3.03. The van der Waals surface area contributed by atoms with Crippen molar-refractivity contribution in [3.05, 3.63) is 58.6 Å². The molecule has 0 atom stereocenters. The zero-order valence-electron chi connectivity index (χ0n) is 13.6. The van der Waals surface area contributed by atoms with Crippen LogP contribution in [0.4, 0.5) is 0 Å². The topological polar surface area (TPSA) is 39.9 Å². The fourth-order valence-corrected chi connectivity index (χ4v) is 3.87. The highest BCUT2D eigenvalue weighted by Crippen LogP contribution is 2.31. The van der Waals surface area contributed by atoms with Gasteiger partial charge in [-0.25, -0.2) is 0 Å². The summed E-state index contributed by atoms with van der Waals surface area (Å²) >= 11 is 5.18. The predicted molar refractivity (Wildman–Crippen MR) is 101 cm³/mol. The summed E-state index contributed by atoms with van der Waals surface area (Å²) in [5.74, 6) is 2.56. The first kappa shape index (κ1) is 17.0. The number of rotatable bonds is 6. The molecule has 0 aliphatic heterocycles. The molecule has 0 aliphatic rings. The summed E-state index contributed by atoms with van der Waals surface area (Å²) in [4.78, 5) is 0. The fourth-order valence-electron chi connectivity index (χ4n) is 2.48. The van der Waals surface area contributed by atoms with Crippen molar-refractivity contribution in [2.75, 3.05) is 7.11 Å². The Morgan fingerprint density at radius 3 is 2.62 bits per heavy atom. The number of halogens is 1. The molecule has 0 N–H and O–H groups in total. The first-order chi connectivity index (χ1) is 11.7. The third kappa shape index (κ3) is 3.65. The standard InChI is InChI=1S/C18H18BrN3OS/c1-3-22-17(13-7-5-4-6-8-13)20-21-18(22)24-12-14-11-15(19)9-10-16(14)23-2/h4-11H,3,12H2,1-2H3. The lowest BCUT2D eigenvalue weighted by molar-refractivity contribution is 0.411. The van der Waals surface area contributed by atoms with Crippen molar-refractivity contribution in [1.29, 1.82) is 0 Å². The van der Waals surface area contributed by atoms with E-state index in [1.165, 1.54) is 0 Å². The van der Waals surface area contributed by atoms with E-state index in [9.17, 15) is 0 Å². The van der Waals surface area contributed by atoms with Crippen LogP contribution in [-0.2, 0) is 12.3 Å². The molecule has 3 aromatic rings. The summed E-state index contributed by atoms with van der Waals surface area (Å²) in [7, 11) is 1.69. The Labute approximate surface area is 154 Å². The first-order valence-electron chi connectivity index (χ1n) is 7.66. The molecule has 24 heavy (non-hydrogen) atoms. The lowest BCUT2D eigenvalue weighted by Gasteiger charge is -2.10. The highest BCUT2D eigenvalue weighted by molar-refractivity contribution is 9.10. The minimum absolute atomic E-state index is 0.773. The summed E-state index contributed by atoms with van der Waals surface area (Å²) in [5, 5.41) is 9.68. The van der Waals surface area contributed by atoms with Crippen LogP contribution in [0.3, 0.4) is 0 Å². The second-order valence-electron chi connectivity index (χ2n) is 5.16. The van der Waals surface area contributed by atoms with Crippen LogP contribution < -0.4 is 4.74 Å². The number of hydrogen-bond donors (Lipinski definition) is 0. The maximum Gasteiger partial charge on any atom is 0.191 e. The van der Waals surface area contributed by atoms with E-state index in [0.29, 0.717) is 0 Å². The second kappa shape index (κ2) is 7.85. The van der Waals surface area contributed by atoms with Crippen LogP contribution in [0.5, 0.6) is 5.75 Å². The predicted octanol–water partition coefficient (Wildman–Crippen LogP) is 5.03. The molecule has 0 saturated carbocycles. The van der Waals surface area contributed by atoms with Gasteiger partial charge in [-0.05, 0) is 25.1 Å². The lowest BCUT2D eigenvalue weighted by Crippen LogP contribution is -2.00. The van der Waals surface area contributed by atoms with E-state index >= 15 is 0 Å². The normalized spacial score (nSPS) is 10.8. The van der Waals surface area contributed by atoms with Crippen LogP contribution in [0.15, 0.2) is 58.2 Å². The van der Waals surface area contributed by atoms with Crippen molar-refractivity contribution in [3.8, 4) is 17.1 Å². The zero-order valence-corrected chi connectivity index (χ0v) is 16.0. The summed E-state index contributed by atoms with van der Waals surface area (Å²) in [6, 6.07) is 16.2. The smallest absolute Gasteiger partial charge is 0.191 e. The number of ether oxygens (including phenoxy) is 1. The number of aromatic nitrogens is 3. The van der Waals surface area contributed by atoms with E-state index in [0.717, 1.165) is 44.6 Å². The SMILES string of the molecule is CCn1c(SCc2cc(Br)ccc2OC)nnc1-c1ccccc1. The van der Waals surface area contributed by atoms with Gasteiger partial charge in [0.1, 0.15) is 5.75 Å². The molecule has 1 aromatic heterocycles. The quantitative estimate of drug-likeness (QED) is 0.541. The van der Waals surface area contributed by atoms with Crippen LogP contribution >= 0.6 is 27.7 Å². The molecule has 0 spiro atoms. The van der Waals surface area contributed by atoms with Crippen LogP contribution in [0.25, 0.3) is 11.4 Å². The first-order valence-corrected chi connectivity index (χ1v) is 9.44. The third-order valence-electron chi connectivity index (χ3n) is 3.66. The van der Waals surface area contributed by atoms with Gasteiger partial charge >= 0.3 is 0 Å². The summed E-state index contributed by atoms with van der Waals surface area (Å²) < 4.78 is 8.63. The largest absolute Gasteiger partial charge is 0.496 e. The van der Waals surface area contributed by atoms with E-state index in [2.05, 4.69) is 55.8 Å². The minimum Gasteiger partial charge on any atom is -0.496 e. The molecule has 124 valence electrons. The number of hydrogen-bond acceptors (Lipinski definition) is 4. The van der Waals surface area contributed by atoms with Crippen LogP contribution in [0.1, 0.15) is 12.5 Å². The molecule has 0 aliphatic carbocycles. The van der Waals surface area contributed by atoms with E-state index in [1.807, 2.05) is 30.3 Å². The fraction of sp³-hybridized carbons (Fsp3) is 0.222. The zero-order chi connectivity index (χ0) is 16.9. The van der Waals surface area contributed by atoms with Gasteiger partial charge in [-0.15, -0.1) is 10.2 Å². The molecular formula is C18H18BrN3OS. The van der Waals surface area contributed by atoms with E-state index in [1.54, 1.807) is 18.9 Å². The van der Waals surface area contributed by atoms with Gasteiger partial charge in [0.05, 0.1) is 7.11 Å². The molecule has 6 heteroatoms. The number of thioether (sulfide) groups is 1. The van der Waals surface area contributed by atoms with Crippen molar-refractivity contribution in [3.63, 3.8) is 0 Å². The molecule has 4 nitrogen and oxygen atoms in total.